The second-order valence-corrected chi connectivity index (χ2v) is 14.8. The monoisotopic (exact) mass is 729 g/mol. The molecule has 16 heteroatoms. The van der Waals surface area contributed by atoms with Crippen molar-refractivity contribution in [2.24, 2.45) is 29.1 Å². The summed E-state index contributed by atoms with van der Waals surface area (Å²) in [5, 5.41) is 11.5. The van der Waals surface area contributed by atoms with Gasteiger partial charge in [-0.15, -0.1) is 0 Å². The van der Waals surface area contributed by atoms with E-state index in [-0.39, 0.29) is 18.8 Å². The number of para-hydroxylation sites is 1. The summed E-state index contributed by atoms with van der Waals surface area (Å²) < 4.78 is 5.43. The number of carbonyl (C=O) groups is 6. The molecule has 5 atom stereocenters. The molecule has 52 heavy (non-hydrogen) atoms. The van der Waals surface area contributed by atoms with Crippen LogP contribution in [-0.4, -0.2) is 82.8 Å². The van der Waals surface area contributed by atoms with E-state index in [4.69, 9.17) is 22.0 Å². The molecule has 0 bridgehead atoms. The van der Waals surface area contributed by atoms with Crippen molar-refractivity contribution < 1.29 is 33.5 Å². The van der Waals surface area contributed by atoms with Crippen LogP contribution in [-0.2, 0) is 39.9 Å². The molecule has 0 spiro atoms. The molecular weight excluding hydrogens is 670 g/mol. The predicted molar refractivity (Wildman–Crippen MR) is 198 cm³/mol. The van der Waals surface area contributed by atoms with Crippen LogP contribution in [0.3, 0.4) is 0 Å². The summed E-state index contributed by atoms with van der Waals surface area (Å²) >= 11 is 0. The summed E-state index contributed by atoms with van der Waals surface area (Å²) in [6.07, 6.45) is 2.79. The summed E-state index contributed by atoms with van der Waals surface area (Å²) in [4.78, 5) is 82.8. The first kappa shape index (κ1) is 43.6. The fourth-order valence-electron chi connectivity index (χ4n) is 5.56. The number of nitrogens with one attached hydrogen (secondary N) is 6. The zero-order chi connectivity index (χ0) is 39.2. The number of rotatable bonds is 20. The molecule has 2 aromatic rings. The highest BCUT2D eigenvalue weighted by molar-refractivity contribution is 5.97. The van der Waals surface area contributed by atoms with E-state index >= 15 is 0 Å². The maximum atomic E-state index is 13.8. The van der Waals surface area contributed by atoms with Crippen LogP contribution >= 0.6 is 0 Å². The lowest BCUT2D eigenvalue weighted by atomic mass is 9.99. The van der Waals surface area contributed by atoms with Crippen LogP contribution in [0, 0.1) is 11.8 Å². The number of hydrogen-bond donors (Lipinski definition) is 9. The lowest BCUT2D eigenvalue weighted by Gasteiger charge is -2.28. The van der Waals surface area contributed by atoms with Gasteiger partial charge >= 0.3 is 5.97 Å². The Kier molecular flexibility index (Phi) is 17.2. The smallest absolute Gasteiger partial charge is 0.308 e. The van der Waals surface area contributed by atoms with Gasteiger partial charge in [0.1, 0.15) is 29.8 Å². The average molecular weight is 730 g/mol. The van der Waals surface area contributed by atoms with Crippen molar-refractivity contribution in [3.8, 4) is 0 Å². The number of carbonyl (C=O) groups excluding carboxylic acids is 6. The minimum absolute atomic E-state index is 0.0500. The van der Waals surface area contributed by atoms with Crippen molar-refractivity contribution >= 4 is 46.4 Å². The van der Waals surface area contributed by atoms with Crippen molar-refractivity contribution in [2.45, 2.75) is 123 Å². The fourth-order valence-corrected chi connectivity index (χ4v) is 5.56. The maximum absolute atomic E-state index is 13.8. The quantitative estimate of drug-likeness (QED) is 0.0300. The van der Waals surface area contributed by atoms with Crippen molar-refractivity contribution in [1.29, 1.82) is 0 Å². The molecule has 0 saturated carbocycles. The molecule has 0 unspecified atom stereocenters. The highest BCUT2D eigenvalue weighted by atomic mass is 16.6. The van der Waals surface area contributed by atoms with Crippen LogP contribution in [0.5, 0.6) is 0 Å². The molecule has 0 aliphatic carbocycles. The highest BCUT2D eigenvalue weighted by Gasteiger charge is 2.34. The molecule has 290 valence electrons. The number of fused-ring (bicyclic) bond motifs is 1. The van der Waals surface area contributed by atoms with Gasteiger partial charge in [0.05, 0.1) is 12.5 Å². The van der Waals surface area contributed by atoms with Crippen LogP contribution < -0.4 is 44.0 Å². The molecule has 1 aromatic carbocycles. The van der Waals surface area contributed by atoms with E-state index in [1.165, 1.54) is 0 Å². The van der Waals surface area contributed by atoms with Gasteiger partial charge in [0, 0.05) is 17.1 Å². The normalized spacial score (nSPS) is 14.5. The summed E-state index contributed by atoms with van der Waals surface area (Å²) in [5.74, 6) is 0.834. The van der Waals surface area contributed by atoms with Crippen molar-refractivity contribution in [1.82, 2.24) is 31.7 Å². The number of H-pyrrole nitrogens is 1. The Labute approximate surface area is 305 Å². The number of aromatic amines is 1. The van der Waals surface area contributed by atoms with E-state index in [1.54, 1.807) is 40.8 Å². The lowest BCUT2D eigenvalue weighted by molar-refractivity contribution is -0.156. The Hall–Kier alpha value is -4.54. The fraction of sp³-hybridized carbons (Fsp3) is 0.611. The van der Waals surface area contributed by atoms with Crippen LogP contribution in [0.2, 0.25) is 0 Å². The molecule has 2 rings (SSSR count). The molecule has 12 N–H and O–H groups in total. The summed E-state index contributed by atoms with van der Waals surface area (Å²) in [6.45, 7) is 12.6. The number of ether oxygens (including phenoxy) is 1. The average Bonchev–Trinajstić information content (AvgIpc) is 3.46. The lowest BCUT2D eigenvalue weighted by Crippen LogP contribution is -2.60. The Morgan fingerprint density at radius 3 is 2.02 bits per heavy atom. The van der Waals surface area contributed by atoms with Crippen molar-refractivity contribution in [3.63, 3.8) is 0 Å². The molecule has 0 radical (unpaired) electrons. The first-order valence-electron chi connectivity index (χ1n) is 17.8. The number of benzene rings is 1. The number of nitrogens with two attached hydrogens (primary N) is 3. The van der Waals surface area contributed by atoms with Crippen LogP contribution in [0.4, 0.5) is 0 Å². The summed E-state index contributed by atoms with van der Waals surface area (Å²) in [5.41, 5.74) is 14.8. The third-order valence-corrected chi connectivity index (χ3v) is 8.18. The molecule has 0 fully saturated rings. The Morgan fingerprint density at radius 1 is 0.808 bits per heavy atom. The second kappa shape index (κ2) is 20.5. The second-order valence-electron chi connectivity index (χ2n) is 14.8. The zero-order valence-electron chi connectivity index (χ0n) is 31.5. The van der Waals surface area contributed by atoms with Gasteiger partial charge in [0.2, 0.25) is 23.6 Å². The van der Waals surface area contributed by atoms with Crippen molar-refractivity contribution in [2.75, 3.05) is 6.54 Å². The number of aromatic nitrogens is 1. The van der Waals surface area contributed by atoms with Crippen LogP contribution in [0.1, 0.15) is 86.1 Å². The third kappa shape index (κ3) is 14.2. The Balaban J connectivity index is 2.30. The van der Waals surface area contributed by atoms with E-state index in [9.17, 15) is 28.8 Å². The van der Waals surface area contributed by atoms with Crippen molar-refractivity contribution in [3.05, 3.63) is 36.0 Å². The topological polar surface area (TPSA) is 266 Å². The highest BCUT2D eigenvalue weighted by Crippen LogP contribution is 2.19. The van der Waals surface area contributed by atoms with Gasteiger partial charge in [0.25, 0.3) is 5.91 Å². The SMILES string of the molecule is CC(C)C[C@H](NC(=O)[C@H](NC(=O)[C@H](CCCCN)NC(=O)[C@@H](CC(=O)OC(C)(C)C)NC(=O)[C@H](N)Cc1c[nH]c2ccccc12)C(C)C)C(=O)NN. The minimum Gasteiger partial charge on any atom is -0.460 e. The van der Waals surface area contributed by atoms with Crippen LogP contribution in [0.15, 0.2) is 30.5 Å². The minimum atomic E-state index is -1.45. The maximum Gasteiger partial charge on any atom is 0.308 e. The van der Waals surface area contributed by atoms with Gasteiger partial charge in [0.15, 0.2) is 0 Å². The Morgan fingerprint density at radius 2 is 1.42 bits per heavy atom. The van der Waals surface area contributed by atoms with E-state index < -0.39 is 83.7 Å². The molecule has 1 heterocycles. The van der Waals surface area contributed by atoms with Gasteiger partial charge in [-0.25, -0.2) is 5.84 Å². The number of hydrazine groups is 1. The molecule has 16 nitrogen and oxygen atoms in total. The zero-order valence-corrected chi connectivity index (χ0v) is 31.5. The first-order valence-corrected chi connectivity index (χ1v) is 17.8. The molecule has 0 aliphatic heterocycles. The molecule has 5 amide bonds. The van der Waals surface area contributed by atoms with Gasteiger partial charge < -0.3 is 42.5 Å². The standard InChI is InChI=1S/C36H59N9O7/c1-20(2)16-27(34(50)45-39)43-35(51)30(21(3)4)44-32(48)26(14-10-11-15-37)41-33(49)28(18-29(46)52-36(5,6)7)42-31(47)24(38)17-22-19-40-25-13-9-8-12-23(22)25/h8-9,12-13,19-21,24,26-28,30,40H,10-11,14-18,37-39H2,1-7H3,(H,41,49)(H,42,47)(H,43,51)(H,44,48)(H,45,50)/t24-,26+,27+,28-,30-/m1/s1. The van der Waals surface area contributed by atoms with E-state index in [1.807, 2.05) is 38.1 Å². The third-order valence-electron chi connectivity index (χ3n) is 8.18. The number of amides is 5. The first-order chi connectivity index (χ1) is 24.4. The summed E-state index contributed by atoms with van der Waals surface area (Å²) in [6, 6.07) is 1.82. The molecule has 0 aliphatic rings. The van der Waals surface area contributed by atoms with Gasteiger partial charge in [-0.2, -0.15) is 0 Å². The van der Waals surface area contributed by atoms with Crippen LogP contribution in [0.25, 0.3) is 10.9 Å². The summed E-state index contributed by atoms with van der Waals surface area (Å²) in [7, 11) is 0. The van der Waals surface area contributed by atoms with Gasteiger partial charge in [-0.3, -0.25) is 34.2 Å². The molecular formula is C36H59N9O7. The molecule has 1 aromatic heterocycles. The molecule has 0 saturated heterocycles. The predicted octanol–water partition coefficient (Wildman–Crippen LogP) is 0.530. The largest absolute Gasteiger partial charge is 0.460 e. The van der Waals surface area contributed by atoms with E-state index in [0.29, 0.717) is 25.8 Å². The van der Waals surface area contributed by atoms with Gasteiger partial charge in [-0.1, -0.05) is 45.9 Å². The number of unbranched alkanes of at least 4 members (excludes halogenated alkanes) is 1. The van der Waals surface area contributed by atoms with E-state index in [2.05, 4.69) is 31.7 Å². The number of esters is 1. The number of hydrogen-bond acceptors (Lipinski definition) is 10. The Bertz CT molecular complexity index is 1520. The van der Waals surface area contributed by atoms with E-state index in [0.717, 1.165) is 16.5 Å². The van der Waals surface area contributed by atoms with Gasteiger partial charge in [-0.05, 0) is 82.9 Å².